The molecule has 1 N–H and O–H groups in total. The smallest absolute Gasteiger partial charge is 0.338 e. The molecule has 0 saturated carbocycles. The molecule has 0 spiro atoms. The summed E-state index contributed by atoms with van der Waals surface area (Å²) in [6, 6.07) is 5.06. The molecule has 6 heteroatoms. The Labute approximate surface area is 104 Å². The summed E-state index contributed by atoms with van der Waals surface area (Å²) in [4.78, 5) is 11.7. The Kier molecular flexibility index (Phi) is 4.25. The highest BCUT2D eigenvalue weighted by Crippen LogP contribution is 2.11. The molecule has 0 bridgehead atoms. The van der Waals surface area contributed by atoms with Gasteiger partial charge in [0.15, 0.2) is 0 Å². The maximum absolute atomic E-state index is 11.7. The van der Waals surface area contributed by atoms with E-state index in [1.54, 1.807) is 18.2 Å². The van der Waals surface area contributed by atoms with Crippen molar-refractivity contribution in [1.82, 2.24) is 15.4 Å². The van der Waals surface area contributed by atoms with E-state index >= 15 is 0 Å². The van der Waals surface area contributed by atoms with Gasteiger partial charge in [-0.1, -0.05) is 12.1 Å². The molecule has 96 valence electrons. The molecule has 18 heavy (non-hydrogen) atoms. The number of nitrogens with one attached hydrogen (secondary N) is 1. The summed E-state index contributed by atoms with van der Waals surface area (Å²) in [5.74, 6) is -0.369. The van der Waals surface area contributed by atoms with E-state index in [1.165, 1.54) is 0 Å². The second kappa shape index (κ2) is 6.11. The largest absolute Gasteiger partial charge is 0.460 e. The highest BCUT2D eigenvalue weighted by atomic mass is 16.6. The normalized spacial score (nSPS) is 10.7. The standard InChI is InChI=1S/C12H15N3O3/c1-2-5-17-6-7-18-12(16)9-3-4-10-11(8-9)14-15-13-10/h3-4,8H,2,5-7H2,1H3,(H,13,14,15). The van der Waals surface area contributed by atoms with Crippen LogP contribution in [0.4, 0.5) is 0 Å². The van der Waals surface area contributed by atoms with Gasteiger partial charge in [0.2, 0.25) is 0 Å². The number of carbonyl (C=O) groups excluding carboxylic acids is 1. The van der Waals surface area contributed by atoms with Crippen molar-refractivity contribution in [3.8, 4) is 0 Å². The van der Waals surface area contributed by atoms with Gasteiger partial charge < -0.3 is 9.47 Å². The van der Waals surface area contributed by atoms with Crippen molar-refractivity contribution in [2.24, 2.45) is 0 Å². The molecule has 1 aromatic carbocycles. The van der Waals surface area contributed by atoms with Crippen LogP contribution in [0.3, 0.4) is 0 Å². The second-order valence-corrected chi connectivity index (χ2v) is 3.79. The number of nitrogens with zero attached hydrogens (tertiary/aromatic N) is 2. The zero-order valence-electron chi connectivity index (χ0n) is 10.2. The molecule has 0 radical (unpaired) electrons. The van der Waals surface area contributed by atoms with Gasteiger partial charge in [-0.05, 0) is 24.6 Å². The van der Waals surface area contributed by atoms with E-state index < -0.39 is 0 Å². The number of hydrogen-bond donors (Lipinski definition) is 1. The van der Waals surface area contributed by atoms with Gasteiger partial charge in [-0.2, -0.15) is 0 Å². The zero-order chi connectivity index (χ0) is 12.8. The van der Waals surface area contributed by atoms with Crippen molar-refractivity contribution in [3.05, 3.63) is 23.8 Å². The molecule has 0 aliphatic carbocycles. The highest BCUT2D eigenvalue weighted by Gasteiger charge is 2.08. The third-order valence-electron chi connectivity index (χ3n) is 2.37. The fourth-order valence-corrected chi connectivity index (χ4v) is 1.50. The molecule has 0 fully saturated rings. The Morgan fingerprint density at radius 3 is 3.06 bits per heavy atom. The molecular weight excluding hydrogens is 234 g/mol. The summed E-state index contributed by atoms with van der Waals surface area (Å²) < 4.78 is 10.3. The predicted molar refractivity (Wildman–Crippen MR) is 65.3 cm³/mol. The quantitative estimate of drug-likeness (QED) is 0.620. The minimum absolute atomic E-state index is 0.262. The van der Waals surface area contributed by atoms with Crippen LogP contribution >= 0.6 is 0 Å². The summed E-state index contributed by atoms with van der Waals surface area (Å²) in [5, 5.41) is 10.2. The molecule has 0 amide bonds. The van der Waals surface area contributed by atoms with Crippen molar-refractivity contribution in [2.45, 2.75) is 13.3 Å². The molecule has 2 aromatic rings. The summed E-state index contributed by atoms with van der Waals surface area (Å²) in [7, 11) is 0. The minimum Gasteiger partial charge on any atom is -0.460 e. The first-order chi connectivity index (χ1) is 8.81. The van der Waals surface area contributed by atoms with Gasteiger partial charge in [0.1, 0.15) is 12.1 Å². The first-order valence-electron chi connectivity index (χ1n) is 5.87. The predicted octanol–water partition coefficient (Wildman–Crippen LogP) is 1.54. The Morgan fingerprint density at radius 2 is 2.22 bits per heavy atom. The van der Waals surface area contributed by atoms with E-state index in [4.69, 9.17) is 9.47 Å². The van der Waals surface area contributed by atoms with Gasteiger partial charge in [0, 0.05) is 6.61 Å². The van der Waals surface area contributed by atoms with Gasteiger partial charge in [0.05, 0.1) is 17.7 Å². The van der Waals surface area contributed by atoms with Crippen molar-refractivity contribution >= 4 is 17.0 Å². The molecule has 1 heterocycles. The number of benzene rings is 1. The van der Waals surface area contributed by atoms with E-state index in [9.17, 15) is 4.79 Å². The van der Waals surface area contributed by atoms with Gasteiger partial charge in [-0.15, -0.1) is 5.10 Å². The maximum Gasteiger partial charge on any atom is 0.338 e. The average Bonchev–Trinajstić information content (AvgIpc) is 2.85. The Bertz CT molecular complexity index is 524. The van der Waals surface area contributed by atoms with E-state index in [-0.39, 0.29) is 12.6 Å². The monoisotopic (exact) mass is 249 g/mol. The van der Waals surface area contributed by atoms with E-state index in [0.717, 1.165) is 11.9 Å². The number of carbonyl (C=O) groups is 1. The van der Waals surface area contributed by atoms with Crippen molar-refractivity contribution in [3.63, 3.8) is 0 Å². The highest BCUT2D eigenvalue weighted by molar-refractivity contribution is 5.93. The van der Waals surface area contributed by atoms with Crippen LogP contribution < -0.4 is 0 Å². The average molecular weight is 249 g/mol. The molecule has 2 rings (SSSR count). The summed E-state index contributed by atoms with van der Waals surface area (Å²) in [5.41, 5.74) is 1.91. The first-order valence-corrected chi connectivity index (χ1v) is 5.87. The summed E-state index contributed by atoms with van der Waals surface area (Å²) >= 11 is 0. The number of fused-ring (bicyclic) bond motifs is 1. The molecule has 6 nitrogen and oxygen atoms in total. The molecule has 1 aromatic heterocycles. The first kappa shape index (κ1) is 12.5. The SMILES string of the molecule is CCCOCCOC(=O)c1ccc2nn[nH]c2c1. The fourth-order valence-electron chi connectivity index (χ4n) is 1.50. The number of esters is 1. The Balaban J connectivity index is 1.88. The van der Waals surface area contributed by atoms with Crippen LogP contribution in [0.2, 0.25) is 0 Å². The van der Waals surface area contributed by atoms with Crippen LogP contribution in [0.25, 0.3) is 11.0 Å². The van der Waals surface area contributed by atoms with Crippen molar-refractivity contribution in [2.75, 3.05) is 19.8 Å². The van der Waals surface area contributed by atoms with Crippen LogP contribution in [-0.4, -0.2) is 41.2 Å². The molecule has 0 unspecified atom stereocenters. The van der Waals surface area contributed by atoms with Gasteiger partial charge >= 0.3 is 5.97 Å². The molecule has 0 aliphatic rings. The summed E-state index contributed by atoms with van der Waals surface area (Å²) in [6.07, 6.45) is 0.956. The zero-order valence-corrected chi connectivity index (χ0v) is 10.2. The Morgan fingerprint density at radius 1 is 1.33 bits per heavy atom. The minimum atomic E-state index is -0.369. The topological polar surface area (TPSA) is 77.1 Å². The number of aromatic amines is 1. The van der Waals surface area contributed by atoms with Crippen LogP contribution in [0.1, 0.15) is 23.7 Å². The third-order valence-corrected chi connectivity index (χ3v) is 2.37. The van der Waals surface area contributed by atoms with E-state index in [0.29, 0.717) is 24.3 Å². The van der Waals surface area contributed by atoms with Gasteiger partial charge in [-0.25, -0.2) is 4.79 Å². The van der Waals surface area contributed by atoms with E-state index in [1.807, 2.05) is 6.92 Å². The van der Waals surface area contributed by atoms with Crippen LogP contribution in [-0.2, 0) is 9.47 Å². The van der Waals surface area contributed by atoms with Crippen molar-refractivity contribution < 1.29 is 14.3 Å². The van der Waals surface area contributed by atoms with Crippen LogP contribution in [0.5, 0.6) is 0 Å². The second-order valence-electron chi connectivity index (χ2n) is 3.79. The number of rotatable bonds is 6. The fraction of sp³-hybridized carbons (Fsp3) is 0.417. The van der Waals surface area contributed by atoms with Gasteiger partial charge in [0.25, 0.3) is 0 Å². The van der Waals surface area contributed by atoms with Gasteiger partial charge in [-0.3, -0.25) is 5.10 Å². The molecule has 0 aliphatic heterocycles. The number of ether oxygens (including phenoxy) is 2. The molecule has 0 atom stereocenters. The summed E-state index contributed by atoms with van der Waals surface area (Å²) in [6.45, 7) is 3.40. The lowest BCUT2D eigenvalue weighted by molar-refractivity contribution is 0.0319. The maximum atomic E-state index is 11.7. The number of H-pyrrole nitrogens is 1. The lowest BCUT2D eigenvalue weighted by Crippen LogP contribution is -2.11. The number of hydrogen-bond acceptors (Lipinski definition) is 5. The Hall–Kier alpha value is -1.95. The van der Waals surface area contributed by atoms with Crippen molar-refractivity contribution in [1.29, 1.82) is 0 Å². The molecular formula is C12H15N3O3. The van der Waals surface area contributed by atoms with Crippen LogP contribution in [0, 0.1) is 0 Å². The van der Waals surface area contributed by atoms with E-state index in [2.05, 4.69) is 15.4 Å². The lowest BCUT2D eigenvalue weighted by atomic mass is 10.2. The molecule has 0 saturated heterocycles. The third kappa shape index (κ3) is 3.04. The lowest BCUT2D eigenvalue weighted by Gasteiger charge is -2.05. The number of aromatic nitrogens is 3. The van der Waals surface area contributed by atoms with Crippen LogP contribution in [0.15, 0.2) is 18.2 Å².